The van der Waals surface area contributed by atoms with Gasteiger partial charge < -0.3 is 47.8 Å². The van der Waals surface area contributed by atoms with Gasteiger partial charge in [-0.2, -0.15) is 11.8 Å². The van der Waals surface area contributed by atoms with E-state index >= 15 is 0 Å². The van der Waals surface area contributed by atoms with Crippen LogP contribution in [0.25, 0.3) is 46.3 Å². The van der Waals surface area contributed by atoms with Crippen LogP contribution in [0.15, 0.2) is 51.6 Å². The molecule has 6 aromatic heterocycles. The van der Waals surface area contributed by atoms with E-state index in [4.69, 9.17) is 32.2 Å². The summed E-state index contributed by atoms with van der Waals surface area (Å²) in [5.41, 5.74) is 6.35. The maximum atomic E-state index is 13.4. The third-order valence-corrected chi connectivity index (χ3v) is 8.11. The second kappa shape index (κ2) is 13.2. The van der Waals surface area contributed by atoms with Gasteiger partial charge in [0.25, 0.3) is 5.91 Å². The topological polar surface area (TPSA) is 269 Å². The number of aromatic nitrogens is 6. The lowest BCUT2D eigenvalue weighted by molar-refractivity contribution is 0.0690. The van der Waals surface area contributed by atoms with Gasteiger partial charge >= 0.3 is 5.97 Å². The number of thioether (sulfide) groups is 1. The zero-order chi connectivity index (χ0) is 35.0. The van der Waals surface area contributed by atoms with Crippen molar-refractivity contribution in [1.29, 1.82) is 0 Å². The van der Waals surface area contributed by atoms with Crippen molar-refractivity contribution in [3.63, 3.8) is 0 Å². The highest BCUT2D eigenvalue weighted by Gasteiger charge is 2.29. The first kappa shape index (κ1) is 33.4. The van der Waals surface area contributed by atoms with Gasteiger partial charge in [0.15, 0.2) is 34.2 Å². The molecule has 0 fully saturated rings. The summed E-state index contributed by atoms with van der Waals surface area (Å²) in [5, 5.41) is 21.3. The molecule has 256 valence electrons. The van der Waals surface area contributed by atoms with E-state index in [1.165, 1.54) is 18.8 Å². The van der Waals surface area contributed by atoms with Gasteiger partial charge in [-0.25, -0.2) is 34.7 Å². The second-order valence-corrected chi connectivity index (χ2v) is 13.5. The van der Waals surface area contributed by atoms with Crippen LogP contribution in [0.4, 0.5) is 0 Å². The Kier molecular flexibility index (Phi) is 8.97. The minimum absolute atomic E-state index is 0.0161. The number of nitrogens with two attached hydrogens (primary N) is 1. The summed E-state index contributed by atoms with van der Waals surface area (Å²) >= 11 is 1.58. The molecule has 0 unspecified atom stereocenters. The van der Waals surface area contributed by atoms with Crippen molar-refractivity contribution < 1.29 is 46.3 Å². The number of aromatic carboxylic acids is 1. The first-order chi connectivity index (χ1) is 23.3. The molecule has 19 heteroatoms. The van der Waals surface area contributed by atoms with Crippen LogP contribution in [-0.4, -0.2) is 69.1 Å². The average molecular weight is 695 g/mol. The lowest BCUT2D eigenvalue weighted by atomic mass is 10.3. The number of rotatable bonds is 12. The lowest BCUT2D eigenvalue weighted by Gasteiger charge is -2.21. The Morgan fingerprint density at radius 2 is 1.41 bits per heavy atom. The summed E-state index contributed by atoms with van der Waals surface area (Å²) in [6, 6.07) is -1.51. The molecule has 2 atom stereocenters. The molecule has 5 N–H and O–H groups in total. The molecule has 1 amide bonds. The number of aliphatic hydroxyl groups is 1. The Morgan fingerprint density at radius 1 is 0.796 bits per heavy atom. The summed E-state index contributed by atoms with van der Waals surface area (Å²) in [5.74, 6) is -0.261. The summed E-state index contributed by atoms with van der Waals surface area (Å²) in [6.07, 6.45) is 4.77. The molecule has 18 nitrogen and oxygen atoms in total. The van der Waals surface area contributed by atoms with Crippen LogP contribution in [0.3, 0.4) is 0 Å². The second-order valence-electron chi connectivity index (χ2n) is 11.6. The molecule has 6 rings (SSSR count). The number of nitrogens with zero attached hydrogens (tertiary/aromatic N) is 6. The largest absolute Gasteiger partial charge is 0.476 e. The van der Waals surface area contributed by atoms with E-state index in [0.29, 0.717) is 17.3 Å². The highest BCUT2D eigenvalue weighted by Crippen LogP contribution is 2.34. The van der Waals surface area contributed by atoms with Crippen molar-refractivity contribution >= 4 is 23.6 Å². The van der Waals surface area contributed by atoms with Crippen molar-refractivity contribution in [3.05, 3.63) is 59.7 Å². The van der Waals surface area contributed by atoms with Crippen LogP contribution in [0.1, 0.15) is 77.1 Å². The summed E-state index contributed by atoms with van der Waals surface area (Å²) in [4.78, 5) is 50.4. The Balaban J connectivity index is 1.21. The molecule has 0 aromatic carbocycles. The summed E-state index contributed by atoms with van der Waals surface area (Å²) < 4.78 is 33.2. The van der Waals surface area contributed by atoms with Crippen LogP contribution < -0.4 is 11.1 Å². The van der Waals surface area contributed by atoms with E-state index in [0.717, 1.165) is 6.26 Å². The fourth-order valence-electron chi connectivity index (χ4n) is 4.30. The van der Waals surface area contributed by atoms with Gasteiger partial charge in [-0.15, -0.1) is 0 Å². The molecule has 0 saturated heterocycles. The Bertz CT molecular complexity index is 2110. The van der Waals surface area contributed by atoms with E-state index < -0.39 is 24.0 Å². The number of hydrogen-bond acceptors (Lipinski definition) is 17. The maximum Gasteiger partial charge on any atom is 0.357 e. The molecule has 0 aliphatic rings. The maximum absolute atomic E-state index is 13.4. The number of carboxylic acids is 1. The monoisotopic (exact) mass is 694 g/mol. The summed E-state index contributed by atoms with van der Waals surface area (Å²) in [7, 11) is 0. The number of nitrogens with one attached hydrogen (secondary N) is 1. The fraction of sp³-hybridized carbons (Fsp3) is 0.333. The van der Waals surface area contributed by atoms with Crippen molar-refractivity contribution in [2.24, 2.45) is 5.73 Å². The number of hydrogen-bond donors (Lipinski definition) is 4. The van der Waals surface area contributed by atoms with Crippen molar-refractivity contribution in [2.75, 3.05) is 12.4 Å². The van der Waals surface area contributed by atoms with Gasteiger partial charge in [0, 0.05) is 10.5 Å². The third kappa shape index (κ3) is 7.17. The molecule has 0 saturated carbocycles. The van der Waals surface area contributed by atoms with Crippen LogP contribution in [-0.2, 0) is 0 Å². The number of carbonyl (C=O) groups excluding carboxylic acids is 1. The van der Waals surface area contributed by atoms with Crippen molar-refractivity contribution in [2.45, 2.75) is 51.4 Å². The Hall–Kier alpha value is -5.53. The van der Waals surface area contributed by atoms with E-state index in [1.54, 1.807) is 25.6 Å². The molecule has 6 heterocycles. The van der Waals surface area contributed by atoms with Gasteiger partial charge in [-0.05, 0) is 13.8 Å². The molecular weight excluding hydrogens is 664 g/mol. The minimum atomic E-state index is -1.24. The Morgan fingerprint density at radius 3 is 2.12 bits per heavy atom. The molecule has 49 heavy (non-hydrogen) atoms. The van der Waals surface area contributed by atoms with E-state index in [1.807, 2.05) is 20.8 Å². The normalized spacial score (nSPS) is 13.1. The first-order valence-corrected chi connectivity index (χ1v) is 15.6. The van der Waals surface area contributed by atoms with Crippen LogP contribution >= 0.6 is 11.8 Å². The van der Waals surface area contributed by atoms with Crippen molar-refractivity contribution in [3.8, 4) is 46.3 Å². The van der Waals surface area contributed by atoms with E-state index in [2.05, 4.69) is 35.2 Å². The minimum Gasteiger partial charge on any atom is -0.476 e. The van der Waals surface area contributed by atoms with Gasteiger partial charge in [0.05, 0.1) is 6.61 Å². The number of carbonyl (C=O) groups is 2. The number of carboxylic acid groups (broad SMARTS) is 1. The quantitative estimate of drug-likeness (QED) is 0.136. The Labute approximate surface area is 280 Å². The van der Waals surface area contributed by atoms with E-state index in [-0.39, 0.29) is 80.9 Å². The zero-order valence-electron chi connectivity index (χ0n) is 26.7. The smallest absolute Gasteiger partial charge is 0.357 e. The molecule has 0 aliphatic heterocycles. The van der Waals surface area contributed by atoms with Crippen molar-refractivity contribution in [1.82, 2.24) is 35.2 Å². The van der Waals surface area contributed by atoms with Gasteiger partial charge in [-0.1, -0.05) is 20.8 Å². The average Bonchev–Trinajstić information content (AvgIpc) is 3.89. The number of amides is 1. The molecule has 6 aromatic rings. The SMILES string of the molecule is Cc1oc(-c2nc([C@H](CSC(C)(C)C)NC(=O)c3coc(-c4coc(-c5coc([C@@H](N)CO)n5)n4)n3)oc2C)nc1-c1nc(C(=O)O)co1. The third-order valence-electron chi connectivity index (χ3n) is 6.74. The number of aliphatic hydroxyl groups excluding tert-OH is 1. The lowest BCUT2D eigenvalue weighted by Crippen LogP contribution is -2.31. The van der Waals surface area contributed by atoms with E-state index in [9.17, 15) is 19.8 Å². The van der Waals surface area contributed by atoms with Crippen LogP contribution in [0.2, 0.25) is 0 Å². The van der Waals surface area contributed by atoms with Crippen LogP contribution in [0.5, 0.6) is 0 Å². The molecular formula is C30H30N8O10S. The standard InChI is InChI=1S/C30H30N8O10S/c1-12-20(27-36-18(10-46-27)29(41)42)38-28(48-12)21-13(2)47-26(37-21)19(11-49-30(3,4)5)32-22(40)15-7-44-24(33-15)17-9-45-25(35-17)16-8-43-23(34-16)14(31)6-39/h7-10,14,19,39H,6,11,31H2,1-5H3,(H,32,40)(H,41,42)/t14-,19-/m0/s1. The predicted molar refractivity (Wildman–Crippen MR) is 168 cm³/mol. The summed E-state index contributed by atoms with van der Waals surface area (Å²) in [6.45, 7) is 9.06. The van der Waals surface area contributed by atoms with Gasteiger partial charge in [0.1, 0.15) is 48.7 Å². The predicted octanol–water partition coefficient (Wildman–Crippen LogP) is 4.59. The zero-order valence-corrected chi connectivity index (χ0v) is 27.5. The highest BCUT2D eigenvalue weighted by atomic mass is 32.2. The molecule has 0 spiro atoms. The van der Waals surface area contributed by atoms with Gasteiger partial charge in [0.2, 0.25) is 35.3 Å². The molecule has 0 bridgehead atoms. The highest BCUT2D eigenvalue weighted by molar-refractivity contribution is 8.00. The molecule has 0 aliphatic carbocycles. The number of aryl methyl sites for hydroxylation is 2. The first-order valence-electron chi connectivity index (χ1n) is 14.6. The van der Waals surface area contributed by atoms with Crippen LogP contribution in [0, 0.1) is 13.8 Å². The van der Waals surface area contributed by atoms with Gasteiger partial charge in [-0.3, -0.25) is 4.79 Å². The fourth-order valence-corrected chi connectivity index (χ4v) is 5.19. The number of oxazole rings is 6. The molecule has 0 radical (unpaired) electrons.